The Labute approximate surface area is 130 Å². The molecule has 22 heavy (non-hydrogen) atoms. The van der Waals surface area contributed by atoms with Crippen molar-refractivity contribution in [1.82, 2.24) is 9.80 Å². The van der Waals surface area contributed by atoms with E-state index in [1.165, 1.54) is 6.07 Å². The van der Waals surface area contributed by atoms with Crippen molar-refractivity contribution in [2.45, 2.75) is 45.2 Å². The van der Waals surface area contributed by atoms with Crippen LogP contribution in [0.5, 0.6) is 0 Å². The highest BCUT2D eigenvalue weighted by molar-refractivity contribution is 5.73. The van der Waals surface area contributed by atoms with Crippen LogP contribution in [0.4, 0.5) is 8.78 Å². The number of carbonyl (C=O) groups is 1. The predicted molar refractivity (Wildman–Crippen MR) is 82.4 cm³/mol. The van der Waals surface area contributed by atoms with E-state index in [4.69, 9.17) is 0 Å². The van der Waals surface area contributed by atoms with Gasteiger partial charge in [0.25, 0.3) is 0 Å². The van der Waals surface area contributed by atoms with Gasteiger partial charge in [-0.3, -0.25) is 9.69 Å². The predicted octanol–water partition coefficient (Wildman–Crippen LogP) is 3.36. The molecule has 0 aliphatic carbocycles. The summed E-state index contributed by atoms with van der Waals surface area (Å²) in [7, 11) is 1.83. The quantitative estimate of drug-likeness (QED) is 0.851. The van der Waals surface area contributed by atoms with Gasteiger partial charge in [0.2, 0.25) is 5.91 Å². The number of amides is 1. The van der Waals surface area contributed by atoms with Crippen molar-refractivity contribution in [3.63, 3.8) is 0 Å². The van der Waals surface area contributed by atoms with E-state index in [0.29, 0.717) is 5.56 Å². The summed E-state index contributed by atoms with van der Waals surface area (Å²) in [6, 6.07) is 4.03. The van der Waals surface area contributed by atoms with Crippen LogP contribution in [0, 0.1) is 11.6 Å². The van der Waals surface area contributed by atoms with E-state index in [-0.39, 0.29) is 18.0 Å². The molecule has 1 saturated heterocycles. The van der Waals surface area contributed by atoms with Gasteiger partial charge in [-0.2, -0.15) is 0 Å². The van der Waals surface area contributed by atoms with E-state index in [1.54, 1.807) is 17.9 Å². The van der Waals surface area contributed by atoms with Gasteiger partial charge >= 0.3 is 0 Å². The minimum Gasteiger partial charge on any atom is -0.343 e. The first-order valence-electron chi connectivity index (χ1n) is 7.86. The first-order valence-corrected chi connectivity index (χ1v) is 7.86. The Morgan fingerprint density at radius 1 is 1.36 bits per heavy atom. The van der Waals surface area contributed by atoms with Crippen LogP contribution >= 0.6 is 0 Å². The van der Waals surface area contributed by atoms with Crippen LogP contribution in [-0.4, -0.2) is 41.9 Å². The molecule has 1 fully saturated rings. The van der Waals surface area contributed by atoms with Crippen LogP contribution in [0.2, 0.25) is 0 Å². The molecular weight excluding hydrogens is 286 g/mol. The molecule has 1 unspecified atom stereocenters. The van der Waals surface area contributed by atoms with E-state index in [1.807, 2.05) is 14.0 Å². The van der Waals surface area contributed by atoms with Crippen LogP contribution in [0.25, 0.3) is 0 Å². The maximum atomic E-state index is 14.0. The molecule has 2 rings (SSSR count). The Hall–Kier alpha value is -1.49. The fraction of sp³-hybridized carbons (Fsp3) is 0.588. The van der Waals surface area contributed by atoms with Gasteiger partial charge < -0.3 is 4.90 Å². The highest BCUT2D eigenvalue weighted by Gasteiger charge is 2.29. The maximum Gasteiger partial charge on any atom is 0.219 e. The molecule has 0 saturated carbocycles. The van der Waals surface area contributed by atoms with Crippen molar-refractivity contribution in [1.29, 1.82) is 0 Å². The summed E-state index contributed by atoms with van der Waals surface area (Å²) in [5, 5.41) is 0. The summed E-state index contributed by atoms with van der Waals surface area (Å²) in [6.45, 7) is 5.23. The smallest absolute Gasteiger partial charge is 0.219 e. The first kappa shape index (κ1) is 16.9. The summed E-state index contributed by atoms with van der Waals surface area (Å²) in [6.07, 6.45) is 2.54. The third-order valence-corrected chi connectivity index (χ3v) is 4.69. The number of benzene rings is 1. The molecule has 0 radical (unpaired) electrons. The Morgan fingerprint density at radius 3 is 2.50 bits per heavy atom. The van der Waals surface area contributed by atoms with E-state index in [9.17, 15) is 13.6 Å². The third-order valence-electron chi connectivity index (χ3n) is 4.69. The molecule has 1 aliphatic rings. The normalized spacial score (nSPS) is 18.2. The molecule has 1 amide bonds. The molecule has 0 bridgehead atoms. The van der Waals surface area contributed by atoms with Gasteiger partial charge in [-0.05, 0) is 25.3 Å². The summed E-state index contributed by atoms with van der Waals surface area (Å²) in [5.41, 5.74) is 0.558. The molecule has 1 aliphatic heterocycles. The zero-order valence-corrected chi connectivity index (χ0v) is 13.5. The monoisotopic (exact) mass is 310 g/mol. The topological polar surface area (TPSA) is 23.6 Å². The second-order valence-corrected chi connectivity index (χ2v) is 5.99. The van der Waals surface area contributed by atoms with E-state index in [2.05, 4.69) is 4.90 Å². The van der Waals surface area contributed by atoms with Crippen LogP contribution in [-0.2, 0) is 4.79 Å². The van der Waals surface area contributed by atoms with Crippen LogP contribution in [0.3, 0.4) is 0 Å². The Kier molecular flexibility index (Phi) is 5.51. The van der Waals surface area contributed by atoms with Crippen LogP contribution in [0.1, 0.15) is 44.7 Å². The summed E-state index contributed by atoms with van der Waals surface area (Å²) < 4.78 is 27.1. The molecule has 3 nitrogen and oxygen atoms in total. The fourth-order valence-corrected chi connectivity index (χ4v) is 3.29. The average molecular weight is 310 g/mol. The first-order chi connectivity index (χ1) is 10.4. The van der Waals surface area contributed by atoms with Gasteiger partial charge in [-0.15, -0.1) is 0 Å². The molecule has 5 heteroatoms. The number of nitrogens with zero attached hydrogens (tertiary/aromatic N) is 2. The standard InChI is InChI=1S/C17H24F2N2O/c1-4-17(15-6-5-13(18)11-16(15)19)21-9-7-14(8-10-21)20(3)12(2)22/h5-6,11,14,17H,4,7-10H2,1-3H3. The zero-order valence-electron chi connectivity index (χ0n) is 13.5. The third kappa shape index (κ3) is 3.64. The minimum atomic E-state index is -0.544. The van der Waals surface area contributed by atoms with Crippen molar-refractivity contribution >= 4 is 5.91 Å². The van der Waals surface area contributed by atoms with Crippen molar-refractivity contribution < 1.29 is 13.6 Å². The van der Waals surface area contributed by atoms with Crippen molar-refractivity contribution in [2.75, 3.05) is 20.1 Å². The molecule has 122 valence electrons. The molecule has 1 aromatic carbocycles. The number of carbonyl (C=O) groups excluding carboxylic acids is 1. The van der Waals surface area contributed by atoms with E-state index >= 15 is 0 Å². The highest BCUT2D eigenvalue weighted by atomic mass is 19.1. The lowest BCUT2D eigenvalue weighted by atomic mass is 9.96. The van der Waals surface area contributed by atoms with Crippen molar-refractivity contribution in [3.05, 3.63) is 35.4 Å². The molecule has 1 atom stereocenters. The van der Waals surface area contributed by atoms with Crippen molar-refractivity contribution in [3.8, 4) is 0 Å². The van der Waals surface area contributed by atoms with Crippen molar-refractivity contribution in [2.24, 2.45) is 0 Å². The molecule has 1 heterocycles. The molecule has 0 N–H and O–H groups in total. The number of hydrogen-bond donors (Lipinski definition) is 0. The number of halogens is 2. The van der Waals surface area contributed by atoms with E-state index < -0.39 is 11.6 Å². The molecule has 0 spiro atoms. The number of hydrogen-bond acceptors (Lipinski definition) is 2. The van der Waals surface area contributed by atoms with Gasteiger partial charge in [0.05, 0.1) is 0 Å². The lowest BCUT2D eigenvalue weighted by Crippen LogP contribution is -2.46. The zero-order chi connectivity index (χ0) is 16.3. The molecule has 0 aromatic heterocycles. The lowest BCUT2D eigenvalue weighted by Gasteiger charge is -2.40. The number of piperidine rings is 1. The SMILES string of the molecule is CCC(c1ccc(F)cc1F)N1CCC(N(C)C(C)=O)CC1. The lowest BCUT2D eigenvalue weighted by molar-refractivity contribution is -0.130. The summed E-state index contributed by atoms with van der Waals surface area (Å²) in [4.78, 5) is 15.5. The molecule has 1 aromatic rings. The highest BCUT2D eigenvalue weighted by Crippen LogP contribution is 2.30. The maximum absolute atomic E-state index is 14.0. The fourth-order valence-electron chi connectivity index (χ4n) is 3.29. The summed E-state index contributed by atoms with van der Waals surface area (Å²) >= 11 is 0. The Bertz CT molecular complexity index is 527. The van der Waals surface area contributed by atoms with Gasteiger partial charge in [0.1, 0.15) is 11.6 Å². The van der Waals surface area contributed by atoms with Gasteiger partial charge in [-0.1, -0.05) is 13.0 Å². The summed E-state index contributed by atoms with van der Waals surface area (Å²) in [5.74, 6) is -0.942. The van der Waals surface area contributed by atoms with Gasteiger partial charge in [0.15, 0.2) is 0 Å². The average Bonchev–Trinajstić information content (AvgIpc) is 2.50. The Balaban J connectivity index is 2.06. The number of likely N-dealkylation sites (tertiary alicyclic amines) is 1. The van der Waals surface area contributed by atoms with Crippen LogP contribution in [0.15, 0.2) is 18.2 Å². The Morgan fingerprint density at radius 2 is 2.00 bits per heavy atom. The largest absolute Gasteiger partial charge is 0.343 e. The van der Waals surface area contributed by atoms with Crippen LogP contribution < -0.4 is 0 Å². The second kappa shape index (κ2) is 7.18. The second-order valence-electron chi connectivity index (χ2n) is 5.99. The number of rotatable bonds is 4. The molecular formula is C17H24F2N2O. The van der Waals surface area contributed by atoms with E-state index in [0.717, 1.165) is 38.4 Å². The van der Waals surface area contributed by atoms with Gasteiger partial charge in [0, 0.05) is 50.8 Å². The minimum absolute atomic E-state index is 0.0378. The van der Waals surface area contributed by atoms with Gasteiger partial charge in [-0.25, -0.2) is 8.78 Å².